The summed E-state index contributed by atoms with van der Waals surface area (Å²) in [6.45, 7) is 4.51. The maximum absolute atomic E-state index is 13.6. The molecule has 0 spiro atoms. The lowest BCUT2D eigenvalue weighted by Gasteiger charge is -2.41. The van der Waals surface area contributed by atoms with Crippen LogP contribution in [-0.4, -0.2) is 41.1 Å². The van der Waals surface area contributed by atoms with Gasteiger partial charge < -0.3 is 24.5 Å². The molecule has 2 heterocycles. The van der Waals surface area contributed by atoms with Gasteiger partial charge in [-0.3, -0.25) is 4.79 Å². The predicted molar refractivity (Wildman–Crippen MR) is 224 cm³/mol. The molecule has 0 aliphatic carbocycles. The highest BCUT2D eigenvalue weighted by atomic mass is 35.5. The minimum atomic E-state index is -3.97. The average molecular weight is 840 g/mol. The number of imidazole rings is 1. The number of aliphatic hydroxyl groups excluding tert-OH is 1. The zero-order valence-corrected chi connectivity index (χ0v) is 34.3. The summed E-state index contributed by atoms with van der Waals surface area (Å²) in [5, 5.41) is 13.1. The highest BCUT2D eigenvalue weighted by molar-refractivity contribution is 7.89. The van der Waals surface area contributed by atoms with Gasteiger partial charge in [-0.25, -0.2) is 13.4 Å². The van der Waals surface area contributed by atoms with Crippen molar-refractivity contribution in [1.29, 1.82) is 0 Å². The second kappa shape index (κ2) is 18.4. The maximum Gasteiger partial charge on any atom is 0.241 e. The summed E-state index contributed by atoms with van der Waals surface area (Å²) in [4.78, 5) is 17.9. The number of carbonyl (C=O) groups excluding carboxylic acids is 1. The largest absolute Gasteiger partial charge is 0.392 e. The topological polar surface area (TPSA) is 132 Å². The van der Waals surface area contributed by atoms with Gasteiger partial charge in [0.2, 0.25) is 15.9 Å². The molecule has 0 saturated carbocycles. The number of hydrogen-bond donors (Lipinski definition) is 3. The Bertz CT molecular complexity index is 2430. The highest BCUT2D eigenvalue weighted by Gasteiger charge is 2.39. The fourth-order valence-corrected chi connectivity index (χ4v) is 8.52. The lowest BCUT2D eigenvalue weighted by atomic mass is 9.90. The summed E-state index contributed by atoms with van der Waals surface area (Å²) >= 11 is 12.6. The van der Waals surface area contributed by atoms with Crippen molar-refractivity contribution in [3.05, 3.63) is 177 Å². The Hall–Kier alpha value is -4.85. The molecule has 7 rings (SSSR count). The third-order valence-corrected chi connectivity index (χ3v) is 12.6. The first-order valence-electron chi connectivity index (χ1n) is 18.9. The molecule has 1 saturated heterocycles. The van der Waals surface area contributed by atoms with Crippen LogP contribution < -0.4 is 10.0 Å². The smallest absolute Gasteiger partial charge is 0.241 e. The Morgan fingerprint density at radius 1 is 0.828 bits per heavy atom. The number of aliphatic hydroxyl groups is 1. The van der Waals surface area contributed by atoms with Crippen LogP contribution >= 0.6 is 23.2 Å². The van der Waals surface area contributed by atoms with E-state index in [-0.39, 0.29) is 47.7 Å². The molecule has 5 aromatic carbocycles. The quantitative estimate of drug-likeness (QED) is 0.101. The van der Waals surface area contributed by atoms with E-state index in [0.29, 0.717) is 11.7 Å². The van der Waals surface area contributed by atoms with E-state index in [1.807, 2.05) is 110 Å². The number of benzene rings is 5. The van der Waals surface area contributed by atoms with Gasteiger partial charge in [-0.2, -0.15) is 4.72 Å². The van der Waals surface area contributed by atoms with Crippen LogP contribution in [0.5, 0.6) is 0 Å². The van der Waals surface area contributed by atoms with E-state index in [9.17, 15) is 18.3 Å². The molecule has 0 radical (unpaired) electrons. The monoisotopic (exact) mass is 838 g/mol. The minimum Gasteiger partial charge on any atom is -0.392 e. The first-order valence-corrected chi connectivity index (χ1v) is 21.2. The molecule has 1 aliphatic heterocycles. The Morgan fingerprint density at radius 2 is 1.52 bits per heavy atom. The summed E-state index contributed by atoms with van der Waals surface area (Å²) in [6.07, 6.45) is 0.471. The third kappa shape index (κ3) is 9.87. The molecular formula is C45H44Cl2N4O6S. The molecule has 58 heavy (non-hydrogen) atoms. The molecule has 5 atom stereocenters. The van der Waals surface area contributed by atoms with Gasteiger partial charge in [0.25, 0.3) is 0 Å². The highest BCUT2D eigenvalue weighted by Crippen LogP contribution is 2.43. The molecule has 300 valence electrons. The van der Waals surface area contributed by atoms with Gasteiger partial charge in [-0.05, 0) is 64.9 Å². The van der Waals surface area contributed by atoms with Crippen LogP contribution in [0.4, 0.5) is 0 Å². The van der Waals surface area contributed by atoms with Crippen LogP contribution in [0.25, 0.3) is 11.1 Å². The second-order valence-corrected chi connectivity index (χ2v) is 16.9. The normalized spacial score (nSPS) is 18.8. The summed E-state index contributed by atoms with van der Waals surface area (Å²) in [6, 6.07) is 38.3. The van der Waals surface area contributed by atoms with Crippen LogP contribution in [0.15, 0.2) is 139 Å². The molecule has 1 fully saturated rings. The summed E-state index contributed by atoms with van der Waals surface area (Å²) in [7, 11) is -3.97. The van der Waals surface area contributed by atoms with Crippen LogP contribution in [0.3, 0.4) is 0 Å². The van der Waals surface area contributed by atoms with Gasteiger partial charge in [0.05, 0.1) is 36.6 Å². The minimum absolute atomic E-state index is 0.0480. The van der Waals surface area contributed by atoms with Crippen LogP contribution in [0.1, 0.15) is 52.7 Å². The zero-order chi connectivity index (χ0) is 40.8. The third-order valence-electron chi connectivity index (χ3n) is 10.4. The number of rotatable bonds is 14. The Kier molecular flexibility index (Phi) is 13.1. The van der Waals surface area contributed by atoms with Gasteiger partial charge in [0, 0.05) is 18.0 Å². The average Bonchev–Trinajstić information content (AvgIpc) is 3.56. The summed E-state index contributed by atoms with van der Waals surface area (Å²) in [5.41, 5.74) is 7.09. The van der Waals surface area contributed by atoms with Gasteiger partial charge in [-0.1, -0.05) is 145 Å². The molecule has 1 amide bonds. The van der Waals surface area contributed by atoms with Gasteiger partial charge in [0.15, 0.2) is 11.4 Å². The van der Waals surface area contributed by atoms with Crippen molar-refractivity contribution in [1.82, 2.24) is 19.6 Å². The second-order valence-electron chi connectivity index (χ2n) is 14.5. The van der Waals surface area contributed by atoms with Crippen molar-refractivity contribution in [2.75, 3.05) is 0 Å². The van der Waals surface area contributed by atoms with E-state index in [4.69, 9.17) is 32.7 Å². The van der Waals surface area contributed by atoms with E-state index < -0.39 is 28.3 Å². The predicted octanol–water partition coefficient (Wildman–Crippen LogP) is 8.36. The number of carbonyl (C=O) groups is 1. The van der Waals surface area contributed by atoms with E-state index in [2.05, 4.69) is 21.9 Å². The Morgan fingerprint density at radius 3 is 2.19 bits per heavy atom. The fourth-order valence-electron chi connectivity index (χ4n) is 7.01. The molecule has 6 aromatic rings. The molecule has 0 unspecified atom stereocenters. The standard InChI is InChI=1S/C45H44Cl2N4O6S/c1-29-11-21-38(22-12-29)58(54,55)50-39(24-31-7-4-3-5-8-31)44(53)48-25-33-9-6-10-37(23-33)34-17-19-36(20-18-34)45-56-40(26-51-28-49-42(46)43(51)47)30(2)41(57-45)35-15-13-32(27-52)14-16-35/h3-23,28,30,39-41,45,50,52H,24-27H2,1-2H3,(H,48,53)/t30-,39+,40+,41+,45+/m0/s1. The number of aryl methyl sites for hydroxylation is 1. The van der Waals surface area contributed by atoms with Crippen molar-refractivity contribution < 1.29 is 27.8 Å². The number of hydrogen-bond acceptors (Lipinski definition) is 7. The van der Waals surface area contributed by atoms with E-state index in [1.165, 1.54) is 12.1 Å². The molecule has 10 nitrogen and oxygen atoms in total. The Labute approximate surface area is 348 Å². The van der Waals surface area contributed by atoms with Crippen LogP contribution in [0, 0.1) is 12.8 Å². The number of sulfonamides is 1. The number of nitrogens with one attached hydrogen (secondary N) is 2. The first kappa shape index (κ1) is 41.3. The maximum atomic E-state index is 13.6. The summed E-state index contributed by atoms with van der Waals surface area (Å²) < 4.78 is 44.3. The molecule has 0 bridgehead atoms. The number of ether oxygens (including phenoxy) is 2. The van der Waals surface area contributed by atoms with Crippen molar-refractivity contribution in [3.8, 4) is 11.1 Å². The van der Waals surface area contributed by atoms with E-state index >= 15 is 0 Å². The molecule has 3 N–H and O–H groups in total. The fraction of sp³-hybridized carbons (Fsp3) is 0.244. The number of aromatic nitrogens is 2. The van der Waals surface area contributed by atoms with Crippen molar-refractivity contribution in [3.63, 3.8) is 0 Å². The van der Waals surface area contributed by atoms with Crippen LogP contribution in [0.2, 0.25) is 10.3 Å². The lowest BCUT2D eigenvalue weighted by molar-refractivity contribution is -0.276. The van der Waals surface area contributed by atoms with Gasteiger partial charge >= 0.3 is 0 Å². The van der Waals surface area contributed by atoms with Crippen LogP contribution in [-0.2, 0) is 50.4 Å². The van der Waals surface area contributed by atoms with Crippen molar-refractivity contribution in [2.24, 2.45) is 5.92 Å². The van der Waals surface area contributed by atoms with Gasteiger partial charge in [-0.15, -0.1) is 0 Å². The van der Waals surface area contributed by atoms with E-state index in [1.54, 1.807) is 23.0 Å². The summed E-state index contributed by atoms with van der Waals surface area (Å²) in [5.74, 6) is -0.506. The van der Waals surface area contributed by atoms with Crippen molar-refractivity contribution in [2.45, 2.75) is 69.4 Å². The molecule has 1 aliphatic rings. The van der Waals surface area contributed by atoms with E-state index in [0.717, 1.165) is 44.5 Å². The number of nitrogens with zero attached hydrogens (tertiary/aromatic N) is 2. The SMILES string of the molecule is Cc1ccc(S(=O)(=O)N[C@H](Cc2ccccc2)C(=O)NCc2cccc(-c3ccc([C@@H]4O[C@H](Cn5cnc(Cl)c5Cl)[C@H](C)[C@H](c5ccc(CO)cc5)O4)cc3)c2)cc1. The number of halogens is 2. The Balaban J connectivity index is 1.06. The first-order chi connectivity index (χ1) is 28.0. The lowest BCUT2D eigenvalue weighted by Crippen LogP contribution is -2.47. The van der Waals surface area contributed by atoms with Crippen molar-refractivity contribution >= 4 is 39.1 Å². The van der Waals surface area contributed by atoms with Gasteiger partial charge in [0.1, 0.15) is 11.2 Å². The molecular weight excluding hydrogens is 795 g/mol. The number of amides is 1. The zero-order valence-electron chi connectivity index (χ0n) is 32.0. The molecule has 13 heteroatoms. The molecule has 1 aromatic heterocycles.